The fourth-order valence-corrected chi connectivity index (χ4v) is 4.01. The van der Waals surface area contributed by atoms with E-state index >= 15 is 0 Å². The topological polar surface area (TPSA) is 60.0 Å². The van der Waals surface area contributed by atoms with Crippen LogP contribution >= 0.6 is 0 Å². The second-order valence-corrected chi connectivity index (χ2v) is 8.41. The Balaban J connectivity index is 1.49. The number of morpholine rings is 1. The maximum atomic E-state index is 13.4. The number of nitrogens with zero attached hydrogens (tertiary/aromatic N) is 1. The number of hydrogen-bond acceptors (Lipinski definition) is 5. The molecule has 31 heavy (non-hydrogen) atoms. The van der Waals surface area contributed by atoms with Gasteiger partial charge in [-0.1, -0.05) is 18.2 Å². The third-order valence-corrected chi connectivity index (χ3v) is 6.03. The van der Waals surface area contributed by atoms with Gasteiger partial charge >= 0.3 is 0 Å². The smallest absolute Gasteiger partial charge is 0.230 e. The van der Waals surface area contributed by atoms with Crippen molar-refractivity contribution in [3.8, 4) is 11.5 Å². The van der Waals surface area contributed by atoms with Gasteiger partial charge in [0, 0.05) is 19.6 Å². The quantitative estimate of drug-likeness (QED) is 0.766. The van der Waals surface area contributed by atoms with E-state index in [1.165, 1.54) is 12.1 Å². The average Bonchev–Trinajstić information content (AvgIpc) is 2.80. The molecule has 1 unspecified atom stereocenters. The summed E-state index contributed by atoms with van der Waals surface area (Å²) in [4.78, 5) is 15.5. The van der Waals surface area contributed by atoms with Crippen molar-refractivity contribution >= 4 is 5.91 Å². The van der Waals surface area contributed by atoms with Crippen molar-refractivity contribution in [1.29, 1.82) is 0 Å². The number of nitrogens with one attached hydrogen (secondary N) is 1. The summed E-state index contributed by atoms with van der Waals surface area (Å²) in [6, 6.07) is 12.1. The van der Waals surface area contributed by atoms with Gasteiger partial charge in [-0.25, -0.2) is 4.39 Å². The molecule has 0 spiro atoms. The van der Waals surface area contributed by atoms with Crippen LogP contribution in [0.25, 0.3) is 0 Å². The zero-order chi connectivity index (χ0) is 21.8. The van der Waals surface area contributed by atoms with Gasteiger partial charge in [0.1, 0.15) is 19.0 Å². The van der Waals surface area contributed by atoms with Crippen LogP contribution < -0.4 is 14.8 Å². The first kappa shape index (κ1) is 21.6. The molecular weight excluding hydrogens is 399 g/mol. The maximum Gasteiger partial charge on any atom is 0.230 e. The highest BCUT2D eigenvalue weighted by molar-refractivity contribution is 5.87. The van der Waals surface area contributed by atoms with Gasteiger partial charge in [-0.2, -0.15) is 0 Å². The number of halogens is 1. The van der Waals surface area contributed by atoms with Gasteiger partial charge in [-0.3, -0.25) is 9.69 Å². The SMILES string of the molecule is CC(C)(C(=O)NCC(c1ccc(F)cc1)N1CCOCC1)c1ccc2c(c1)OCCO2. The largest absolute Gasteiger partial charge is 0.486 e. The molecule has 6 nitrogen and oxygen atoms in total. The van der Waals surface area contributed by atoms with E-state index in [0.29, 0.717) is 44.5 Å². The Hall–Kier alpha value is -2.64. The second-order valence-electron chi connectivity index (χ2n) is 8.41. The van der Waals surface area contributed by atoms with E-state index in [2.05, 4.69) is 10.2 Å². The highest BCUT2D eigenvalue weighted by Crippen LogP contribution is 2.35. The first-order valence-electron chi connectivity index (χ1n) is 10.7. The van der Waals surface area contributed by atoms with Crippen molar-refractivity contribution in [1.82, 2.24) is 10.2 Å². The Kier molecular flexibility index (Phi) is 6.43. The van der Waals surface area contributed by atoms with Gasteiger partial charge in [-0.15, -0.1) is 0 Å². The Morgan fingerprint density at radius 1 is 1.03 bits per heavy atom. The molecule has 1 fully saturated rings. The van der Waals surface area contributed by atoms with Gasteiger partial charge < -0.3 is 19.5 Å². The monoisotopic (exact) mass is 428 g/mol. The molecule has 166 valence electrons. The van der Waals surface area contributed by atoms with Gasteiger partial charge in [-0.05, 0) is 49.2 Å². The molecule has 7 heteroatoms. The average molecular weight is 429 g/mol. The minimum absolute atomic E-state index is 0.0514. The molecule has 4 rings (SSSR count). The first-order valence-corrected chi connectivity index (χ1v) is 10.7. The van der Waals surface area contributed by atoms with Gasteiger partial charge in [0.2, 0.25) is 5.91 Å². The first-order chi connectivity index (χ1) is 14.9. The minimum atomic E-state index is -0.756. The number of amides is 1. The van der Waals surface area contributed by atoms with Crippen LogP contribution in [0.4, 0.5) is 4.39 Å². The Morgan fingerprint density at radius 3 is 2.42 bits per heavy atom. The van der Waals surface area contributed by atoms with Crippen molar-refractivity contribution in [2.24, 2.45) is 0 Å². The predicted molar refractivity (Wildman–Crippen MR) is 115 cm³/mol. The standard InChI is InChI=1S/C24H29FN2O4/c1-24(2,18-5-8-21-22(15-18)31-14-13-30-21)23(28)26-16-20(27-9-11-29-12-10-27)17-3-6-19(25)7-4-17/h3-8,15,20H,9-14,16H2,1-2H3,(H,26,28). The van der Waals surface area contributed by atoms with Crippen molar-refractivity contribution in [3.05, 3.63) is 59.4 Å². The molecule has 1 saturated heterocycles. The fourth-order valence-electron chi connectivity index (χ4n) is 4.01. The summed E-state index contributed by atoms with van der Waals surface area (Å²) in [6.07, 6.45) is 0. The lowest BCUT2D eigenvalue weighted by molar-refractivity contribution is -0.126. The van der Waals surface area contributed by atoms with Crippen LogP contribution in [-0.2, 0) is 14.9 Å². The van der Waals surface area contributed by atoms with Crippen LogP contribution in [0.5, 0.6) is 11.5 Å². The molecule has 0 radical (unpaired) electrons. The molecule has 0 bridgehead atoms. The predicted octanol–water partition coefficient (Wildman–Crippen LogP) is 3.06. The van der Waals surface area contributed by atoms with Crippen LogP contribution in [0.15, 0.2) is 42.5 Å². The van der Waals surface area contributed by atoms with Crippen LogP contribution in [0.2, 0.25) is 0 Å². The number of carbonyl (C=O) groups is 1. The van der Waals surface area contributed by atoms with Crippen molar-refractivity contribution < 1.29 is 23.4 Å². The zero-order valence-corrected chi connectivity index (χ0v) is 18.0. The Morgan fingerprint density at radius 2 is 1.71 bits per heavy atom. The molecular formula is C24H29FN2O4. The summed E-state index contributed by atoms with van der Waals surface area (Å²) in [7, 11) is 0. The van der Waals surface area contributed by atoms with E-state index in [1.54, 1.807) is 12.1 Å². The molecule has 2 aliphatic heterocycles. The number of benzene rings is 2. The Labute approximate surface area is 182 Å². The minimum Gasteiger partial charge on any atom is -0.486 e. The van der Waals surface area contributed by atoms with Crippen LogP contribution in [0, 0.1) is 5.82 Å². The molecule has 2 heterocycles. The van der Waals surface area contributed by atoms with Crippen LogP contribution in [0.3, 0.4) is 0 Å². The summed E-state index contributed by atoms with van der Waals surface area (Å²) in [5.41, 5.74) is 1.08. The molecule has 2 aromatic rings. The number of carbonyl (C=O) groups excluding carboxylic acids is 1. The summed E-state index contributed by atoms with van der Waals surface area (Å²) in [5, 5.41) is 3.12. The lowest BCUT2D eigenvalue weighted by Crippen LogP contribution is -2.47. The number of fused-ring (bicyclic) bond motifs is 1. The van der Waals surface area contributed by atoms with Crippen LogP contribution in [-0.4, -0.2) is 56.9 Å². The lowest BCUT2D eigenvalue weighted by Gasteiger charge is -2.35. The highest BCUT2D eigenvalue weighted by atomic mass is 19.1. The van der Waals surface area contributed by atoms with E-state index in [0.717, 1.165) is 24.2 Å². The molecule has 0 aliphatic carbocycles. The summed E-state index contributed by atoms with van der Waals surface area (Å²) in [6.45, 7) is 8.09. The van der Waals surface area contributed by atoms with Crippen LogP contribution in [0.1, 0.15) is 31.0 Å². The molecule has 0 saturated carbocycles. The van der Waals surface area contributed by atoms with Crippen molar-refractivity contribution in [2.45, 2.75) is 25.3 Å². The number of rotatable bonds is 6. The second kappa shape index (κ2) is 9.24. The van der Waals surface area contributed by atoms with Crippen molar-refractivity contribution in [2.75, 3.05) is 46.1 Å². The summed E-state index contributed by atoms with van der Waals surface area (Å²) < 4.78 is 30.2. The molecule has 1 N–H and O–H groups in total. The Bertz CT molecular complexity index is 910. The third-order valence-electron chi connectivity index (χ3n) is 6.03. The molecule has 1 amide bonds. The van der Waals surface area contributed by atoms with Gasteiger partial charge in [0.05, 0.1) is 24.7 Å². The van der Waals surface area contributed by atoms with Gasteiger partial charge in [0.15, 0.2) is 11.5 Å². The third kappa shape index (κ3) is 4.83. The summed E-state index contributed by atoms with van der Waals surface area (Å²) in [5.74, 6) is 1.02. The van der Waals surface area contributed by atoms with E-state index in [9.17, 15) is 9.18 Å². The highest BCUT2D eigenvalue weighted by Gasteiger charge is 2.32. The molecule has 2 aliphatic rings. The molecule has 0 aromatic heterocycles. The molecule has 1 atom stereocenters. The lowest BCUT2D eigenvalue weighted by atomic mass is 9.83. The summed E-state index contributed by atoms with van der Waals surface area (Å²) >= 11 is 0. The van der Waals surface area contributed by atoms with Crippen molar-refractivity contribution in [3.63, 3.8) is 0 Å². The fraction of sp³-hybridized carbons (Fsp3) is 0.458. The molecule has 2 aromatic carbocycles. The van der Waals surface area contributed by atoms with E-state index in [4.69, 9.17) is 14.2 Å². The maximum absolute atomic E-state index is 13.4. The van der Waals surface area contributed by atoms with E-state index in [1.807, 2.05) is 32.0 Å². The van der Waals surface area contributed by atoms with E-state index in [-0.39, 0.29) is 17.8 Å². The number of hydrogen-bond donors (Lipinski definition) is 1. The number of ether oxygens (including phenoxy) is 3. The van der Waals surface area contributed by atoms with E-state index < -0.39 is 5.41 Å². The van der Waals surface area contributed by atoms with Gasteiger partial charge in [0.25, 0.3) is 0 Å². The zero-order valence-electron chi connectivity index (χ0n) is 18.0. The normalized spacial score (nSPS) is 17.8.